The third kappa shape index (κ3) is 19.4. The molecular formula is C53H39NO6. The summed E-state index contributed by atoms with van der Waals surface area (Å²) in [5, 5.41) is 13.4. The van der Waals surface area contributed by atoms with Crippen molar-refractivity contribution >= 4 is 5.91 Å². The summed E-state index contributed by atoms with van der Waals surface area (Å²) in [5.41, 5.74) is 2.06. The van der Waals surface area contributed by atoms with Crippen LogP contribution in [0.2, 0.25) is 0 Å². The summed E-state index contributed by atoms with van der Waals surface area (Å²) in [5.74, 6) is 59.6. The zero-order valence-corrected chi connectivity index (χ0v) is 33.4. The van der Waals surface area contributed by atoms with Gasteiger partial charge >= 0.3 is 0 Å². The standard InChI is InChI=1S/C53H39NO6/c1-5-7-8-9-10-11-12-13-14-15-16-17-18-19-20-21-22-23-24-25-26-27-34-39-51(56)54-48(49(55)6-2)42-59-53-52(58-41-47-37-32-29-33-38-47)45(4)44(3)50(60-53)43-57-40-46-35-30-28-31-36-46/h6,28-33,35-38,44-45,48-50,52-53,55H,2,40-43H2,1,3-4H3,(H,54,56)/t44-,45+,48+,49-,50?,52?,53-/m1/s1. The summed E-state index contributed by atoms with van der Waals surface area (Å²) >= 11 is 0. The first kappa shape index (κ1) is 46.6. The molecule has 0 saturated carbocycles. The molecule has 2 aromatic carbocycles. The maximum absolute atomic E-state index is 12.7. The van der Waals surface area contributed by atoms with Gasteiger partial charge in [-0.25, -0.2) is 0 Å². The van der Waals surface area contributed by atoms with Crippen LogP contribution in [0, 0.1) is 154 Å². The Morgan fingerprint density at radius 1 is 0.683 bits per heavy atom. The Bertz CT molecular complexity index is 2580. The van der Waals surface area contributed by atoms with Gasteiger partial charge in [0.1, 0.15) is 6.10 Å². The molecule has 1 amide bonds. The third-order valence-electron chi connectivity index (χ3n) is 8.21. The summed E-state index contributed by atoms with van der Waals surface area (Å²) < 4.78 is 25.2. The molecule has 1 aliphatic rings. The molecule has 1 fully saturated rings. The van der Waals surface area contributed by atoms with Crippen molar-refractivity contribution in [3.63, 3.8) is 0 Å². The van der Waals surface area contributed by atoms with E-state index in [-0.39, 0.29) is 24.5 Å². The molecular weight excluding hydrogens is 747 g/mol. The number of aliphatic hydroxyl groups is 1. The summed E-state index contributed by atoms with van der Waals surface area (Å²) in [4.78, 5) is 12.7. The van der Waals surface area contributed by atoms with Crippen molar-refractivity contribution < 1.29 is 28.8 Å². The Morgan fingerprint density at radius 3 is 1.60 bits per heavy atom. The van der Waals surface area contributed by atoms with Crippen molar-refractivity contribution in [3.05, 3.63) is 84.4 Å². The molecule has 1 heterocycles. The molecule has 2 unspecified atom stereocenters. The molecule has 0 aromatic heterocycles. The maximum Gasteiger partial charge on any atom is 0.297 e. The fraction of sp³-hybridized carbons (Fsp3) is 0.264. The Labute approximate surface area is 355 Å². The monoisotopic (exact) mass is 785 g/mol. The molecule has 7 atom stereocenters. The lowest BCUT2D eigenvalue weighted by atomic mass is 9.83. The van der Waals surface area contributed by atoms with Crippen LogP contribution in [0.3, 0.4) is 0 Å². The molecule has 0 aliphatic carbocycles. The SMILES string of the molecule is C=C[C@@H](O)[C@H](CO[C@@H]1OC(COCc2ccccc2)[C@H](C)[C@H](C)C1OCc1ccccc1)NC(=O)C#CC#CC#CC#CC#CC#CC#CC#CC#CC#CC#CC#CC. The van der Waals surface area contributed by atoms with Gasteiger partial charge in [0.05, 0.1) is 44.7 Å². The van der Waals surface area contributed by atoms with Crippen LogP contribution in [0.5, 0.6) is 0 Å². The zero-order valence-electron chi connectivity index (χ0n) is 33.4. The van der Waals surface area contributed by atoms with E-state index in [1.54, 1.807) is 6.92 Å². The summed E-state index contributed by atoms with van der Waals surface area (Å²) in [6.45, 7) is 10.6. The van der Waals surface area contributed by atoms with E-state index < -0.39 is 30.4 Å². The minimum Gasteiger partial charge on any atom is -0.387 e. The number of carbonyl (C=O) groups is 1. The highest BCUT2D eigenvalue weighted by atomic mass is 16.7. The van der Waals surface area contributed by atoms with Crippen molar-refractivity contribution in [1.29, 1.82) is 0 Å². The molecule has 1 saturated heterocycles. The number of carbonyl (C=O) groups excluding carboxylic acids is 1. The predicted octanol–water partition coefficient (Wildman–Crippen LogP) is 3.89. The molecule has 0 spiro atoms. The number of ether oxygens (including phenoxy) is 4. The molecule has 0 radical (unpaired) electrons. The Hall–Kier alpha value is -7.83. The van der Waals surface area contributed by atoms with Gasteiger partial charge in [0.25, 0.3) is 5.91 Å². The second-order valence-corrected chi connectivity index (χ2v) is 12.3. The molecule has 7 nitrogen and oxygen atoms in total. The first-order valence-corrected chi connectivity index (χ1v) is 18.5. The van der Waals surface area contributed by atoms with Crippen molar-refractivity contribution in [2.24, 2.45) is 11.8 Å². The van der Waals surface area contributed by atoms with Crippen molar-refractivity contribution in [2.75, 3.05) is 13.2 Å². The molecule has 1 aliphatic heterocycles. The average molecular weight is 786 g/mol. The third-order valence-corrected chi connectivity index (χ3v) is 8.21. The fourth-order valence-corrected chi connectivity index (χ4v) is 5.02. The van der Waals surface area contributed by atoms with Crippen LogP contribution in [0.4, 0.5) is 0 Å². The van der Waals surface area contributed by atoms with Crippen molar-refractivity contribution in [3.8, 4) is 142 Å². The van der Waals surface area contributed by atoms with E-state index in [0.29, 0.717) is 19.8 Å². The van der Waals surface area contributed by atoms with Crippen LogP contribution >= 0.6 is 0 Å². The summed E-state index contributed by atoms with van der Waals surface area (Å²) in [6.07, 6.45) is -1.42. The van der Waals surface area contributed by atoms with Crippen LogP contribution in [-0.4, -0.2) is 54.9 Å². The Kier molecular flexibility index (Phi) is 22.8. The normalized spacial score (nSPS) is 17.0. The number of amides is 1. The van der Waals surface area contributed by atoms with Crippen LogP contribution in [0.1, 0.15) is 31.9 Å². The van der Waals surface area contributed by atoms with Gasteiger partial charge in [-0.2, -0.15) is 0 Å². The van der Waals surface area contributed by atoms with Crippen LogP contribution in [-0.2, 0) is 37.0 Å². The van der Waals surface area contributed by atoms with Crippen molar-refractivity contribution in [1.82, 2.24) is 5.32 Å². The number of benzene rings is 2. The van der Waals surface area contributed by atoms with Crippen LogP contribution in [0.25, 0.3) is 0 Å². The molecule has 0 bridgehead atoms. The number of nitrogens with one attached hydrogen (secondary N) is 1. The smallest absolute Gasteiger partial charge is 0.297 e. The van der Waals surface area contributed by atoms with Gasteiger partial charge in [-0.15, -0.1) is 6.58 Å². The Balaban J connectivity index is 1.55. The lowest BCUT2D eigenvalue weighted by Gasteiger charge is -2.44. The molecule has 7 heteroatoms. The fourth-order valence-electron chi connectivity index (χ4n) is 5.02. The number of rotatable bonds is 13. The summed E-state index contributed by atoms with van der Waals surface area (Å²) in [7, 11) is 0. The first-order valence-electron chi connectivity index (χ1n) is 18.5. The van der Waals surface area contributed by atoms with Crippen LogP contribution in [0.15, 0.2) is 73.3 Å². The lowest BCUT2D eigenvalue weighted by molar-refractivity contribution is -0.291. The van der Waals surface area contributed by atoms with Gasteiger partial charge in [-0.3, -0.25) is 4.79 Å². The maximum atomic E-state index is 12.7. The van der Waals surface area contributed by atoms with Crippen LogP contribution < -0.4 is 5.32 Å². The van der Waals surface area contributed by atoms with E-state index in [9.17, 15) is 9.90 Å². The Morgan fingerprint density at radius 2 is 1.13 bits per heavy atom. The van der Waals surface area contributed by atoms with E-state index in [2.05, 4.69) is 168 Å². The van der Waals surface area contributed by atoms with Gasteiger partial charge in [-0.05, 0) is 125 Å². The quantitative estimate of drug-likeness (QED) is 0.237. The molecule has 2 aromatic rings. The van der Waals surface area contributed by atoms with E-state index >= 15 is 0 Å². The lowest BCUT2D eigenvalue weighted by Crippen LogP contribution is -2.54. The van der Waals surface area contributed by atoms with E-state index in [4.69, 9.17) is 18.9 Å². The number of aliphatic hydroxyl groups excluding tert-OH is 1. The molecule has 2 N–H and O–H groups in total. The predicted molar refractivity (Wildman–Crippen MR) is 231 cm³/mol. The van der Waals surface area contributed by atoms with E-state index in [1.165, 1.54) is 6.08 Å². The molecule has 292 valence electrons. The topological polar surface area (TPSA) is 86.2 Å². The van der Waals surface area contributed by atoms with Gasteiger partial charge in [0.2, 0.25) is 0 Å². The average Bonchev–Trinajstić information content (AvgIpc) is 3.27. The number of hydrogen-bond acceptors (Lipinski definition) is 6. The number of hydrogen-bond donors (Lipinski definition) is 2. The summed E-state index contributed by atoms with van der Waals surface area (Å²) in [6, 6.07) is 18.8. The van der Waals surface area contributed by atoms with Gasteiger partial charge in [0, 0.05) is 41.4 Å². The highest BCUT2D eigenvalue weighted by molar-refractivity contribution is 5.94. The van der Waals surface area contributed by atoms with Crippen molar-refractivity contribution in [2.45, 2.75) is 64.6 Å². The van der Waals surface area contributed by atoms with Gasteiger partial charge in [-0.1, -0.05) is 86.5 Å². The van der Waals surface area contributed by atoms with E-state index in [0.717, 1.165) is 11.1 Å². The zero-order chi connectivity index (χ0) is 42.9. The van der Waals surface area contributed by atoms with Gasteiger partial charge in [0.15, 0.2) is 6.29 Å². The second-order valence-electron chi connectivity index (χ2n) is 12.3. The first-order chi connectivity index (χ1) is 29.4. The highest BCUT2D eigenvalue weighted by Gasteiger charge is 2.43. The molecule has 60 heavy (non-hydrogen) atoms. The van der Waals surface area contributed by atoms with E-state index in [1.807, 2.05) is 60.7 Å². The molecule has 3 rings (SSSR count). The van der Waals surface area contributed by atoms with Gasteiger partial charge < -0.3 is 29.4 Å². The largest absolute Gasteiger partial charge is 0.387 e. The minimum atomic E-state index is -1.15. The highest BCUT2D eigenvalue weighted by Crippen LogP contribution is 2.34. The second kappa shape index (κ2) is 29.4. The minimum absolute atomic E-state index is 0.0188.